The number of hydroxylamine groups is 2. The van der Waals surface area contributed by atoms with Crippen LogP contribution in [0.25, 0.3) is 0 Å². The molecule has 1 N–H and O–H groups in total. The Balaban J connectivity index is 1.46. The van der Waals surface area contributed by atoms with Crippen molar-refractivity contribution in [3.63, 3.8) is 0 Å². The van der Waals surface area contributed by atoms with Crippen molar-refractivity contribution in [1.29, 1.82) is 0 Å². The lowest BCUT2D eigenvalue weighted by Crippen LogP contribution is -2.25. The van der Waals surface area contributed by atoms with Crippen LogP contribution in [0.2, 0.25) is 0 Å². The SMILES string of the molecule is O=CN(CCCCCCNC(=O)OCc1ccccc1)OCc1ccccc1. The topological polar surface area (TPSA) is 67.9 Å². The van der Waals surface area contributed by atoms with Crippen LogP contribution in [-0.2, 0) is 27.6 Å². The van der Waals surface area contributed by atoms with Gasteiger partial charge in [0, 0.05) is 13.1 Å². The van der Waals surface area contributed by atoms with Gasteiger partial charge in [0.05, 0.1) is 0 Å². The summed E-state index contributed by atoms with van der Waals surface area (Å²) >= 11 is 0. The third kappa shape index (κ3) is 9.19. The van der Waals surface area contributed by atoms with Crippen LogP contribution in [0.5, 0.6) is 0 Å². The molecule has 2 amide bonds. The Morgan fingerprint density at radius 3 is 2.11 bits per heavy atom. The van der Waals surface area contributed by atoms with Crippen molar-refractivity contribution >= 4 is 12.5 Å². The quantitative estimate of drug-likeness (QED) is 0.321. The van der Waals surface area contributed by atoms with Gasteiger partial charge in [-0.15, -0.1) is 0 Å². The van der Waals surface area contributed by atoms with Crippen LogP contribution in [0.15, 0.2) is 60.7 Å². The zero-order valence-electron chi connectivity index (χ0n) is 16.1. The number of unbranched alkanes of at least 4 members (excludes halogenated alkanes) is 3. The number of rotatable bonds is 13. The highest BCUT2D eigenvalue weighted by molar-refractivity contribution is 5.67. The maximum absolute atomic E-state index is 11.6. The van der Waals surface area contributed by atoms with E-state index in [0.717, 1.165) is 36.8 Å². The average molecular weight is 384 g/mol. The first-order valence-electron chi connectivity index (χ1n) is 9.61. The molecular formula is C22H28N2O4. The number of nitrogens with one attached hydrogen (secondary N) is 1. The maximum Gasteiger partial charge on any atom is 0.407 e. The van der Waals surface area contributed by atoms with E-state index in [0.29, 0.717) is 26.1 Å². The highest BCUT2D eigenvalue weighted by Gasteiger charge is 2.04. The van der Waals surface area contributed by atoms with Gasteiger partial charge in [-0.3, -0.25) is 9.63 Å². The van der Waals surface area contributed by atoms with Gasteiger partial charge in [0.25, 0.3) is 0 Å². The number of carbonyl (C=O) groups is 2. The van der Waals surface area contributed by atoms with Gasteiger partial charge < -0.3 is 10.1 Å². The van der Waals surface area contributed by atoms with Gasteiger partial charge in [-0.2, -0.15) is 0 Å². The summed E-state index contributed by atoms with van der Waals surface area (Å²) in [5.41, 5.74) is 1.99. The number of alkyl carbamates (subject to hydrolysis) is 1. The normalized spacial score (nSPS) is 10.3. The molecule has 0 aromatic heterocycles. The van der Waals surface area contributed by atoms with E-state index >= 15 is 0 Å². The predicted octanol–water partition coefficient (Wildman–Crippen LogP) is 4.06. The van der Waals surface area contributed by atoms with Crippen LogP contribution >= 0.6 is 0 Å². The number of benzene rings is 2. The summed E-state index contributed by atoms with van der Waals surface area (Å²) in [4.78, 5) is 28.2. The van der Waals surface area contributed by atoms with Gasteiger partial charge in [0.15, 0.2) is 0 Å². The van der Waals surface area contributed by atoms with E-state index in [1.165, 1.54) is 5.06 Å². The molecule has 0 spiro atoms. The van der Waals surface area contributed by atoms with E-state index in [2.05, 4.69) is 5.32 Å². The minimum absolute atomic E-state index is 0.275. The number of carbonyl (C=O) groups excluding carboxylic acids is 2. The summed E-state index contributed by atoms with van der Waals surface area (Å²) < 4.78 is 5.15. The molecule has 0 saturated heterocycles. The minimum Gasteiger partial charge on any atom is -0.445 e. The summed E-state index contributed by atoms with van der Waals surface area (Å²) in [6.07, 6.45) is 3.96. The Kier molecular flexibility index (Phi) is 10.2. The van der Waals surface area contributed by atoms with Gasteiger partial charge in [0.2, 0.25) is 6.41 Å². The van der Waals surface area contributed by atoms with E-state index in [1.54, 1.807) is 0 Å². The van der Waals surface area contributed by atoms with E-state index < -0.39 is 6.09 Å². The van der Waals surface area contributed by atoms with Gasteiger partial charge >= 0.3 is 6.09 Å². The molecule has 28 heavy (non-hydrogen) atoms. The first-order valence-corrected chi connectivity index (χ1v) is 9.61. The van der Waals surface area contributed by atoms with Crippen molar-refractivity contribution in [3.8, 4) is 0 Å². The lowest BCUT2D eigenvalue weighted by Gasteiger charge is -2.16. The predicted molar refractivity (Wildman–Crippen MR) is 107 cm³/mol. The fourth-order valence-electron chi connectivity index (χ4n) is 2.59. The third-order valence-corrected chi connectivity index (χ3v) is 4.14. The molecule has 0 fully saturated rings. The fourth-order valence-corrected chi connectivity index (χ4v) is 2.59. The zero-order valence-corrected chi connectivity index (χ0v) is 16.1. The van der Waals surface area contributed by atoms with Crippen molar-refractivity contribution in [1.82, 2.24) is 10.4 Å². The summed E-state index contributed by atoms with van der Waals surface area (Å²) in [6, 6.07) is 19.3. The Labute approximate surface area is 166 Å². The van der Waals surface area contributed by atoms with Gasteiger partial charge in [0.1, 0.15) is 13.2 Å². The van der Waals surface area contributed by atoms with Crippen molar-refractivity contribution in [3.05, 3.63) is 71.8 Å². The summed E-state index contributed by atoms with van der Waals surface area (Å²) in [7, 11) is 0. The minimum atomic E-state index is -0.398. The van der Waals surface area contributed by atoms with Crippen LogP contribution in [0.3, 0.4) is 0 Å². The first-order chi connectivity index (χ1) is 13.8. The second-order valence-electron chi connectivity index (χ2n) is 6.41. The first kappa shape index (κ1) is 21.4. The summed E-state index contributed by atoms with van der Waals surface area (Å²) in [5, 5.41) is 4.09. The summed E-state index contributed by atoms with van der Waals surface area (Å²) in [6.45, 7) is 1.80. The van der Waals surface area contributed by atoms with Gasteiger partial charge in [-0.05, 0) is 24.0 Å². The Morgan fingerprint density at radius 2 is 1.46 bits per heavy atom. The Hall–Kier alpha value is -2.86. The van der Waals surface area contributed by atoms with Crippen LogP contribution in [-0.4, -0.2) is 30.7 Å². The zero-order chi connectivity index (χ0) is 19.9. The molecule has 0 heterocycles. The number of nitrogens with zero attached hydrogens (tertiary/aromatic N) is 1. The van der Waals surface area contributed by atoms with Crippen LogP contribution in [0.4, 0.5) is 4.79 Å². The van der Waals surface area contributed by atoms with E-state index in [-0.39, 0.29) is 6.61 Å². The molecule has 2 rings (SSSR count). The molecule has 0 saturated carbocycles. The monoisotopic (exact) mass is 384 g/mol. The third-order valence-electron chi connectivity index (χ3n) is 4.14. The molecular weight excluding hydrogens is 356 g/mol. The lowest BCUT2D eigenvalue weighted by atomic mass is 10.2. The smallest absolute Gasteiger partial charge is 0.407 e. The van der Waals surface area contributed by atoms with Gasteiger partial charge in [-0.1, -0.05) is 73.5 Å². The van der Waals surface area contributed by atoms with Crippen LogP contribution < -0.4 is 5.32 Å². The second-order valence-corrected chi connectivity index (χ2v) is 6.41. The van der Waals surface area contributed by atoms with Crippen molar-refractivity contribution < 1.29 is 19.2 Å². The number of ether oxygens (including phenoxy) is 1. The molecule has 0 aliphatic rings. The van der Waals surface area contributed by atoms with Crippen LogP contribution in [0, 0.1) is 0 Å². The van der Waals surface area contributed by atoms with E-state index in [9.17, 15) is 9.59 Å². The van der Waals surface area contributed by atoms with Gasteiger partial charge in [-0.25, -0.2) is 9.86 Å². The van der Waals surface area contributed by atoms with Crippen molar-refractivity contribution in [2.45, 2.75) is 38.9 Å². The Morgan fingerprint density at radius 1 is 0.857 bits per heavy atom. The Bertz CT molecular complexity index is 679. The van der Waals surface area contributed by atoms with Crippen molar-refractivity contribution in [2.75, 3.05) is 13.1 Å². The number of hydrogen-bond donors (Lipinski definition) is 1. The second kappa shape index (κ2) is 13.3. The highest BCUT2D eigenvalue weighted by atomic mass is 16.7. The van der Waals surface area contributed by atoms with E-state index in [1.807, 2.05) is 60.7 Å². The molecule has 0 radical (unpaired) electrons. The van der Waals surface area contributed by atoms with Crippen LogP contribution in [0.1, 0.15) is 36.8 Å². The molecule has 0 bridgehead atoms. The molecule has 0 atom stereocenters. The molecule has 6 nitrogen and oxygen atoms in total. The maximum atomic E-state index is 11.6. The molecule has 2 aromatic carbocycles. The number of hydrogen-bond acceptors (Lipinski definition) is 4. The summed E-state index contributed by atoms with van der Waals surface area (Å²) in [5.74, 6) is 0. The van der Waals surface area contributed by atoms with E-state index in [4.69, 9.17) is 9.57 Å². The molecule has 0 unspecified atom stereocenters. The molecule has 6 heteroatoms. The lowest BCUT2D eigenvalue weighted by molar-refractivity contribution is -0.177. The fraction of sp³-hybridized carbons (Fsp3) is 0.364. The molecule has 150 valence electrons. The molecule has 2 aromatic rings. The average Bonchev–Trinajstić information content (AvgIpc) is 2.75. The molecule has 0 aliphatic carbocycles. The molecule has 0 aliphatic heterocycles. The largest absolute Gasteiger partial charge is 0.445 e. The highest BCUT2D eigenvalue weighted by Crippen LogP contribution is 2.05. The standard InChI is InChI=1S/C22H28N2O4/c25-19-24(28-18-21-13-7-4-8-14-21)16-10-2-1-9-15-23-22(26)27-17-20-11-5-3-6-12-20/h3-8,11-14,19H,1-2,9-10,15-18H2,(H,23,26). The number of amides is 2. The van der Waals surface area contributed by atoms with Crippen molar-refractivity contribution in [2.24, 2.45) is 0 Å².